The van der Waals surface area contributed by atoms with Crippen LogP contribution in [0.2, 0.25) is 0 Å². The summed E-state index contributed by atoms with van der Waals surface area (Å²) in [6, 6.07) is 10.5. The van der Waals surface area contributed by atoms with Gasteiger partial charge in [-0.25, -0.2) is 19.6 Å². The van der Waals surface area contributed by atoms with E-state index < -0.39 is 24.3 Å². The van der Waals surface area contributed by atoms with E-state index in [1.807, 2.05) is 27.7 Å². The Hall–Kier alpha value is -5.86. The Bertz CT molecular complexity index is 2240. The number of carboxylic acid groups (broad SMARTS) is 1. The van der Waals surface area contributed by atoms with Gasteiger partial charge in [0.2, 0.25) is 11.8 Å². The summed E-state index contributed by atoms with van der Waals surface area (Å²) < 4.78 is 4.76. The second kappa shape index (κ2) is 15.1. The first-order chi connectivity index (χ1) is 26.4. The highest BCUT2D eigenvalue weighted by molar-refractivity contribution is 6.09. The predicted molar refractivity (Wildman–Crippen MR) is 207 cm³/mol. The molecule has 2 aliphatic rings. The average molecular weight is 752 g/mol. The van der Waals surface area contributed by atoms with Crippen LogP contribution in [0.5, 0.6) is 0 Å². The molecule has 55 heavy (non-hydrogen) atoms. The van der Waals surface area contributed by atoms with E-state index in [0.29, 0.717) is 24.7 Å². The monoisotopic (exact) mass is 751 g/mol. The number of alkyl carbamates (subject to hydrolysis) is 1. The van der Waals surface area contributed by atoms with Gasteiger partial charge < -0.3 is 39.9 Å². The highest BCUT2D eigenvalue weighted by Crippen LogP contribution is 2.37. The molecule has 2 aromatic carbocycles. The van der Waals surface area contributed by atoms with E-state index in [1.54, 1.807) is 22.2 Å². The van der Waals surface area contributed by atoms with Crippen LogP contribution in [-0.2, 0) is 14.3 Å². The first-order valence-electron chi connectivity index (χ1n) is 18.9. The number of aromatic amines is 3. The number of likely N-dealkylation sites (N-methyl/N-ethyl adjacent to an activating group) is 1. The number of amides is 4. The normalized spacial score (nSPS) is 18.4. The second-order valence-corrected chi connectivity index (χ2v) is 15.3. The van der Waals surface area contributed by atoms with Gasteiger partial charge in [0.15, 0.2) is 0 Å². The average Bonchev–Trinajstić information content (AvgIpc) is 4.01. The van der Waals surface area contributed by atoms with Crippen LogP contribution in [0.4, 0.5) is 9.59 Å². The fraction of sp³-hybridized carbons (Fsp3) is 0.450. The molecule has 0 bridgehead atoms. The third kappa shape index (κ3) is 7.10. The summed E-state index contributed by atoms with van der Waals surface area (Å²) in [5, 5.41) is 14.5. The van der Waals surface area contributed by atoms with Gasteiger partial charge in [-0.3, -0.25) is 14.5 Å². The molecule has 15 nitrogen and oxygen atoms in total. The number of aromatic nitrogens is 5. The molecular weight excluding hydrogens is 702 g/mol. The Morgan fingerprint density at radius 3 is 1.76 bits per heavy atom. The molecule has 5 aromatic rings. The molecule has 2 aliphatic heterocycles. The molecule has 0 unspecified atom stereocenters. The minimum Gasteiger partial charge on any atom is -0.465 e. The zero-order valence-corrected chi connectivity index (χ0v) is 32.1. The maximum Gasteiger partial charge on any atom is 0.407 e. The van der Waals surface area contributed by atoms with Crippen LogP contribution in [0.15, 0.2) is 48.8 Å². The molecular formula is C40H49N9O6. The lowest BCUT2D eigenvalue weighted by atomic mass is 10.0. The van der Waals surface area contributed by atoms with Gasteiger partial charge in [0, 0.05) is 53.1 Å². The number of imidazole rings is 2. The molecule has 15 heteroatoms. The molecule has 5 heterocycles. The molecule has 0 saturated carbocycles. The van der Waals surface area contributed by atoms with Crippen molar-refractivity contribution in [2.45, 2.75) is 77.5 Å². The van der Waals surface area contributed by atoms with Gasteiger partial charge in [-0.2, -0.15) is 0 Å². The molecule has 0 spiro atoms. The third-order valence-corrected chi connectivity index (χ3v) is 11.1. The van der Waals surface area contributed by atoms with Crippen molar-refractivity contribution in [1.29, 1.82) is 0 Å². The zero-order valence-electron chi connectivity index (χ0n) is 32.1. The molecule has 4 amide bonds. The van der Waals surface area contributed by atoms with E-state index in [1.165, 1.54) is 14.2 Å². The van der Waals surface area contributed by atoms with E-state index in [-0.39, 0.29) is 35.7 Å². The van der Waals surface area contributed by atoms with Gasteiger partial charge in [0.05, 0.1) is 43.0 Å². The first kappa shape index (κ1) is 37.5. The smallest absolute Gasteiger partial charge is 0.407 e. The molecule has 290 valence electrons. The van der Waals surface area contributed by atoms with E-state index in [4.69, 9.17) is 14.7 Å². The minimum atomic E-state index is -1.13. The number of carbonyl (C=O) groups excluding carboxylic acids is 3. The topological polar surface area (TPSA) is 193 Å². The van der Waals surface area contributed by atoms with Crippen LogP contribution < -0.4 is 5.32 Å². The lowest BCUT2D eigenvalue weighted by Gasteiger charge is -2.33. The number of ether oxygens (including phenoxy) is 1. The maximum absolute atomic E-state index is 13.7. The zero-order chi connectivity index (χ0) is 39.1. The number of hydrogen-bond acceptors (Lipinski definition) is 7. The number of hydrogen-bond donors (Lipinski definition) is 5. The number of nitrogens with zero attached hydrogens (tertiary/aromatic N) is 5. The number of benzene rings is 2. The van der Waals surface area contributed by atoms with Gasteiger partial charge >= 0.3 is 12.2 Å². The van der Waals surface area contributed by atoms with Crippen LogP contribution in [0.1, 0.15) is 77.1 Å². The maximum atomic E-state index is 13.7. The van der Waals surface area contributed by atoms with Crippen molar-refractivity contribution in [3.8, 4) is 22.5 Å². The van der Waals surface area contributed by atoms with Crippen LogP contribution >= 0.6 is 0 Å². The lowest BCUT2D eigenvalue weighted by molar-refractivity contribution is -0.138. The summed E-state index contributed by atoms with van der Waals surface area (Å²) in [6.07, 6.45) is 4.98. The highest BCUT2D eigenvalue weighted by Gasteiger charge is 2.40. The van der Waals surface area contributed by atoms with Crippen molar-refractivity contribution >= 4 is 45.8 Å². The number of methoxy groups -OCH3 is 1. The Kier molecular flexibility index (Phi) is 10.3. The summed E-state index contributed by atoms with van der Waals surface area (Å²) in [4.78, 5) is 75.6. The van der Waals surface area contributed by atoms with E-state index >= 15 is 0 Å². The molecule has 2 saturated heterocycles. The largest absolute Gasteiger partial charge is 0.465 e. The van der Waals surface area contributed by atoms with Crippen LogP contribution in [-0.4, -0.2) is 108 Å². The second-order valence-electron chi connectivity index (χ2n) is 15.3. The van der Waals surface area contributed by atoms with E-state index in [9.17, 15) is 24.3 Å². The first-order valence-corrected chi connectivity index (χ1v) is 18.9. The van der Waals surface area contributed by atoms with E-state index in [0.717, 1.165) is 74.9 Å². The Labute approximate surface area is 318 Å². The Morgan fingerprint density at radius 2 is 1.31 bits per heavy atom. The Balaban J connectivity index is 1.09. The number of rotatable bonds is 10. The van der Waals surface area contributed by atoms with Crippen LogP contribution in [0.3, 0.4) is 0 Å². The summed E-state index contributed by atoms with van der Waals surface area (Å²) in [7, 11) is 2.73. The van der Waals surface area contributed by atoms with Crippen LogP contribution in [0, 0.1) is 11.8 Å². The number of fused-ring (bicyclic) bond motifs is 3. The fourth-order valence-corrected chi connectivity index (χ4v) is 8.25. The van der Waals surface area contributed by atoms with E-state index in [2.05, 4.69) is 56.7 Å². The molecule has 4 atom stereocenters. The SMILES string of the molecule is COC(=O)N[C@H](C(=O)N1CCC[C@H]1c1ncc(-c2ccc3c(c2)[nH]c2cc(-c4cnc([C@@H]5CCCN5C(=O)[C@H](C(C)C)N(C)C(=O)O)[nH]4)ccc23)[nH]1)C(C)C. The molecule has 3 aromatic heterocycles. The minimum absolute atomic E-state index is 0.116. The standard InChI is InChI=1S/C40H49N9O6/c1-21(2)33(46-39(52)55-6)37(50)48-15-7-9-31(48)35-41-19-29(44-35)23-11-13-25-26-14-12-24(18-28(26)43-27(25)17-23)30-20-42-36(45-30)32-10-8-16-49(32)38(51)34(22(3)4)47(5)40(53)54/h11-14,17-22,31-34,43H,7-10,15-16H2,1-6H3,(H,41,44)(H,42,45)(H,46,52)(H,53,54)/t31-,32-,33-,34-/m0/s1. The predicted octanol–water partition coefficient (Wildman–Crippen LogP) is 6.44. The number of H-pyrrole nitrogens is 3. The van der Waals surface area contributed by atoms with Crippen molar-refractivity contribution in [2.75, 3.05) is 27.2 Å². The summed E-state index contributed by atoms with van der Waals surface area (Å²) >= 11 is 0. The Morgan fingerprint density at radius 1 is 0.800 bits per heavy atom. The van der Waals surface area contributed by atoms with Crippen molar-refractivity contribution in [2.24, 2.45) is 11.8 Å². The van der Waals surface area contributed by atoms with Gasteiger partial charge in [0.1, 0.15) is 23.7 Å². The molecule has 7 rings (SSSR count). The quantitative estimate of drug-likeness (QED) is 0.108. The molecule has 2 fully saturated rings. The molecule has 0 radical (unpaired) electrons. The van der Waals surface area contributed by atoms with Gasteiger partial charge in [0.25, 0.3) is 0 Å². The van der Waals surface area contributed by atoms with Crippen molar-refractivity contribution in [3.05, 3.63) is 60.4 Å². The number of carbonyl (C=O) groups is 4. The molecule has 5 N–H and O–H groups in total. The van der Waals surface area contributed by atoms with Crippen molar-refractivity contribution in [3.63, 3.8) is 0 Å². The fourth-order valence-electron chi connectivity index (χ4n) is 8.25. The van der Waals surface area contributed by atoms with Crippen molar-refractivity contribution < 1.29 is 29.0 Å². The lowest BCUT2D eigenvalue weighted by Crippen LogP contribution is -2.51. The van der Waals surface area contributed by atoms with Gasteiger partial charge in [-0.1, -0.05) is 52.0 Å². The summed E-state index contributed by atoms with van der Waals surface area (Å²) in [5.74, 6) is 0.742. The number of nitrogens with one attached hydrogen (secondary N) is 4. The molecule has 0 aliphatic carbocycles. The summed E-state index contributed by atoms with van der Waals surface area (Å²) in [6.45, 7) is 8.64. The summed E-state index contributed by atoms with van der Waals surface area (Å²) in [5.41, 5.74) is 5.47. The third-order valence-electron chi connectivity index (χ3n) is 11.1. The number of likely N-dealkylation sites (tertiary alicyclic amines) is 2. The van der Waals surface area contributed by atoms with Crippen LogP contribution in [0.25, 0.3) is 44.3 Å². The van der Waals surface area contributed by atoms with Gasteiger partial charge in [-0.15, -0.1) is 0 Å². The van der Waals surface area contributed by atoms with Crippen molar-refractivity contribution in [1.82, 2.24) is 44.9 Å². The highest BCUT2D eigenvalue weighted by atomic mass is 16.5. The van der Waals surface area contributed by atoms with Gasteiger partial charge in [-0.05, 0) is 49.7 Å².